The number of thiophene rings is 1. The van der Waals surface area contributed by atoms with Crippen LogP contribution in [-0.4, -0.2) is 23.1 Å². The molecule has 2 amide bonds. The zero-order chi connectivity index (χ0) is 12.1. The van der Waals surface area contributed by atoms with Crippen molar-refractivity contribution in [3.8, 4) is 0 Å². The molecule has 0 aliphatic carbocycles. The maximum Gasteiger partial charge on any atom is 0.325 e. The normalized spacial score (nSPS) is 11.9. The lowest BCUT2D eigenvalue weighted by Gasteiger charge is -2.10. The number of rotatable bonds is 4. The summed E-state index contributed by atoms with van der Waals surface area (Å²) in [5, 5.41) is 17.5. The molecule has 3 N–H and O–H groups in total. The predicted molar refractivity (Wildman–Crippen MR) is 61.5 cm³/mol. The van der Waals surface area contributed by atoms with Gasteiger partial charge in [0.15, 0.2) is 0 Å². The fraction of sp³-hybridized carbons (Fsp3) is 0.400. The summed E-state index contributed by atoms with van der Waals surface area (Å²) >= 11 is 1.57. The van der Waals surface area contributed by atoms with Gasteiger partial charge in [0.2, 0.25) is 0 Å². The molecule has 5 nitrogen and oxygen atoms in total. The molecule has 16 heavy (non-hydrogen) atoms. The van der Waals surface area contributed by atoms with Gasteiger partial charge in [-0.3, -0.25) is 4.79 Å². The Morgan fingerprint density at radius 1 is 1.50 bits per heavy atom. The molecule has 0 aromatic carbocycles. The molecule has 1 aromatic rings. The van der Waals surface area contributed by atoms with E-state index in [-0.39, 0.29) is 0 Å². The van der Waals surface area contributed by atoms with Gasteiger partial charge in [-0.25, -0.2) is 4.79 Å². The van der Waals surface area contributed by atoms with Crippen LogP contribution in [0.25, 0.3) is 0 Å². The third kappa shape index (κ3) is 3.54. The number of carbonyl (C=O) groups is 2. The van der Waals surface area contributed by atoms with Crippen molar-refractivity contribution in [3.63, 3.8) is 0 Å². The second-order valence-corrected chi connectivity index (χ2v) is 4.21. The molecule has 88 valence electrons. The van der Waals surface area contributed by atoms with Gasteiger partial charge in [0, 0.05) is 6.54 Å². The van der Waals surface area contributed by atoms with E-state index < -0.39 is 18.0 Å². The summed E-state index contributed by atoms with van der Waals surface area (Å²) in [5.41, 5.74) is 2.17. The zero-order valence-electron chi connectivity index (χ0n) is 9.11. The Kier molecular flexibility index (Phi) is 4.30. The van der Waals surface area contributed by atoms with Crippen molar-refractivity contribution >= 4 is 23.3 Å². The van der Waals surface area contributed by atoms with Crippen LogP contribution in [0.15, 0.2) is 10.8 Å². The van der Waals surface area contributed by atoms with Crippen molar-refractivity contribution in [2.24, 2.45) is 0 Å². The van der Waals surface area contributed by atoms with Crippen LogP contribution in [0.2, 0.25) is 0 Å². The molecule has 0 radical (unpaired) electrons. The molecule has 0 fully saturated rings. The standard InChI is InChI=1S/C10H14N2O3S/c1-6-4-16-5-8(6)3-11-10(15)12-7(2)9(13)14/h4-5,7H,3H2,1-2H3,(H,13,14)(H2,11,12,15)/t7-/m0/s1. The highest BCUT2D eigenvalue weighted by molar-refractivity contribution is 7.08. The van der Waals surface area contributed by atoms with E-state index in [1.165, 1.54) is 6.92 Å². The molecule has 1 atom stereocenters. The number of urea groups is 1. The lowest BCUT2D eigenvalue weighted by molar-refractivity contribution is -0.138. The van der Waals surface area contributed by atoms with Gasteiger partial charge in [-0.1, -0.05) is 0 Å². The fourth-order valence-corrected chi connectivity index (χ4v) is 1.91. The molecule has 0 aliphatic heterocycles. The number of carboxylic acids is 1. The van der Waals surface area contributed by atoms with Crippen molar-refractivity contribution in [2.75, 3.05) is 0 Å². The van der Waals surface area contributed by atoms with Crippen LogP contribution in [0.5, 0.6) is 0 Å². The molecular formula is C10H14N2O3S. The minimum absolute atomic E-state index is 0.410. The predicted octanol–water partition coefficient (Wildman–Crippen LogP) is 1.33. The summed E-state index contributed by atoms with van der Waals surface area (Å²) < 4.78 is 0. The van der Waals surface area contributed by atoms with Crippen molar-refractivity contribution in [3.05, 3.63) is 21.9 Å². The van der Waals surface area contributed by atoms with Crippen molar-refractivity contribution in [1.82, 2.24) is 10.6 Å². The lowest BCUT2D eigenvalue weighted by atomic mass is 10.2. The van der Waals surface area contributed by atoms with E-state index in [1.807, 2.05) is 17.7 Å². The van der Waals surface area contributed by atoms with Crippen LogP contribution in [0.4, 0.5) is 4.79 Å². The largest absolute Gasteiger partial charge is 0.480 e. The second kappa shape index (κ2) is 5.50. The Bertz CT molecular complexity index is 389. The van der Waals surface area contributed by atoms with Gasteiger partial charge >= 0.3 is 12.0 Å². The number of hydrogen-bond acceptors (Lipinski definition) is 3. The molecule has 1 heterocycles. The first kappa shape index (κ1) is 12.5. The zero-order valence-corrected chi connectivity index (χ0v) is 9.93. The Labute approximate surface area is 97.5 Å². The summed E-state index contributed by atoms with van der Waals surface area (Å²) in [5.74, 6) is -1.05. The molecule has 0 unspecified atom stereocenters. The number of carbonyl (C=O) groups excluding carboxylic acids is 1. The number of amides is 2. The van der Waals surface area contributed by atoms with E-state index in [0.717, 1.165) is 11.1 Å². The number of hydrogen-bond donors (Lipinski definition) is 3. The van der Waals surface area contributed by atoms with Crippen LogP contribution in [-0.2, 0) is 11.3 Å². The van der Waals surface area contributed by atoms with E-state index in [1.54, 1.807) is 11.3 Å². The molecule has 0 saturated carbocycles. The summed E-state index contributed by atoms with van der Waals surface area (Å²) in [4.78, 5) is 21.8. The molecule has 6 heteroatoms. The number of nitrogens with one attached hydrogen (secondary N) is 2. The Hall–Kier alpha value is -1.56. The van der Waals surface area contributed by atoms with Gasteiger partial charge in [-0.2, -0.15) is 11.3 Å². The van der Waals surface area contributed by atoms with Gasteiger partial charge in [-0.05, 0) is 35.7 Å². The molecule has 0 aliphatic rings. The molecule has 1 aromatic heterocycles. The first-order valence-corrected chi connectivity index (χ1v) is 5.74. The van der Waals surface area contributed by atoms with Gasteiger partial charge in [0.05, 0.1) is 0 Å². The monoisotopic (exact) mass is 242 g/mol. The lowest BCUT2D eigenvalue weighted by Crippen LogP contribution is -2.44. The molecular weight excluding hydrogens is 228 g/mol. The Morgan fingerprint density at radius 2 is 2.19 bits per heavy atom. The first-order valence-electron chi connectivity index (χ1n) is 4.79. The smallest absolute Gasteiger partial charge is 0.325 e. The van der Waals surface area contributed by atoms with Gasteiger partial charge in [-0.15, -0.1) is 0 Å². The minimum Gasteiger partial charge on any atom is -0.480 e. The van der Waals surface area contributed by atoms with Crippen LogP contribution < -0.4 is 10.6 Å². The fourth-order valence-electron chi connectivity index (χ4n) is 1.05. The topological polar surface area (TPSA) is 78.4 Å². The highest BCUT2D eigenvalue weighted by Gasteiger charge is 2.13. The van der Waals surface area contributed by atoms with E-state index in [2.05, 4.69) is 10.6 Å². The van der Waals surface area contributed by atoms with Crippen LogP contribution in [0.1, 0.15) is 18.1 Å². The average molecular weight is 242 g/mol. The quantitative estimate of drug-likeness (QED) is 0.745. The Balaban J connectivity index is 2.36. The summed E-state index contributed by atoms with van der Waals surface area (Å²) in [6.45, 7) is 3.79. The number of aliphatic carboxylic acids is 1. The molecule has 1 rings (SSSR count). The highest BCUT2D eigenvalue weighted by atomic mass is 32.1. The van der Waals surface area contributed by atoms with E-state index in [0.29, 0.717) is 6.54 Å². The highest BCUT2D eigenvalue weighted by Crippen LogP contribution is 2.12. The van der Waals surface area contributed by atoms with Crippen molar-refractivity contribution < 1.29 is 14.7 Å². The Morgan fingerprint density at radius 3 is 2.69 bits per heavy atom. The number of carboxylic acid groups (broad SMARTS) is 1. The molecule has 0 saturated heterocycles. The maximum absolute atomic E-state index is 11.3. The third-order valence-corrected chi connectivity index (χ3v) is 3.03. The third-order valence-electron chi connectivity index (χ3n) is 2.12. The molecule has 0 spiro atoms. The minimum atomic E-state index is -1.05. The maximum atomic E-state index is 11.3. The van der Waals surface area contributed by atoms with Gasteiger partial charge in [0.1, 0.15) is 6.04 Å². The average Bonchev–Trinajstić information content (AvgIpc) is 2.61. The summed E-state index contributed by atoms with van der Waals surface area (Å²) in [7, 11) is 0. The SMILES string of the molecule is Cc1cscc1CNC(=O)N[C@@H](C)C(=O)O. The second-order valence-electron chi connectivity index (χ2n) is 3.47. The van der Waals surface area contributed by atoms with E-state index >= 15 is 0 Å². The van der Waals surface area contributed by atoms with E-state index in [4.69, 9.17) is 5.11 Å². The van der Waals surface area contributed by atoms with Gasteiger partial charge < -0.3 is 15.7 Å². The molecule has 0 bridgehead atoms. The number of aryl methyl sites for hydroxylation is 1. The van der Waals surface area contributed by atoms with Crippen LogP contribution >= 0.6 is 11.3 Å². The van der Waals surface area contributed by atoms with Crippen molar-refractivity contribution in [1.29, 1.82) is 0 Å². The van der Waals surface area contributed by atoms with Crippen LogP contribution in [0.3, 0.4) is 0 Å². The van der Waals surface area contributed by atoms with E-state index in [9.17, 15) is 9.59 Å². The first-order chi connectivity index (χ1) is 7.50. The van der Waals surface area contributed by atoms with Crippen molar-refractivity contribution in [2.45, 2.75) is 26.4 Å². The summed E-state index contributed by atoms with van der Waals surface area (Å²) in [6.07, 6.45) is 0. The van der Waals surface area contributed by atoms with Crippen LogP contribution in [0, 0.1) is 6.92 Å². The summed E-state index contributed by atoms with van der Waals surface area (Å²) in [6, 6.07) is -1.36. The van der Waals surface area contributed by atoms with Gasteiger partial charge in [0.25, 0.3) is 0 Å².